The van der Waals surface area contributed by atoms with Crippen LogP contribution in [-0.4, -0.2) is 10.1 Å². The maximum Gasteiger partial charge on any atom is 0.0889 e. The normalized spacial score (nSPS) is 21.8. The van der Waals surface area contributed by atoms with Gasteiger partial charge in [0, 0.05) is 24.7 Å². The molecule has 1 atom stereocenters. The van der Waals surface area contributed by atoms with Crippen LogP contribution in [0.25, 0.3) is 0 Å². The van der Waals surface area contributed by atoms with Crippen molar-refractivity contribution in [2.45, 2.75) is 32.1 Å². The van der Waals surface area contributed by atoms with Gasteiger partial charge in [-0.1, -0.05) is 6.07 Å². The van der Waals surface area contributed by atoms with Gasteiger partial charge >= 0.3 is 0 Å². The first-order chi connectivity index (χ1) is 6.75. The smallest absolute Gasteiger partial charge is 0.0889 e. The lowest BCUT2D eigenvalue weighted by atomic mass is 9.89. The zero-order valence-electron chi connectivity index (χ0n) is 8.40. The Bertz CT molecular complexity index is 357. The third-order valence-corrected chi connectivity index (χ3v) is 2.67. The molecule has 74 valence electrons. The summed E-state index contributed by atoms with van der Waals surface area (Å²) < 4.78 is 0. The van der Waals surface area contributed by atoms with Crippen molar-refractivity contribution >= 4 is 0 Å². The molecule has 1 N–H and O–H groups in total. The Hall–Kier alpha value is -1.31. The third kappa shape index (κ3) is 1.95. The molecule has 1 aromatic heterocycles. The zero-order chi connectivity index (χ0) is 9.97. The van der Waals surface area contributed by atoms with E-state index in [4.69, 9.17) is 0 Å². The molecule has 1 aromatic rings. The summed E-state index contributed by atoms with van der Waals surface area (Å²) in [6.07, 6.45) is 8.73. The molecule has 0 saturated heterocycles. The first kappa shape index (κ1) is 9.25. The number of allylic oxidation sites excluding steroid dienone is 2. The fraction of sp³-hybridized carbons (Fsp3) is 0.417. The lowest BCUT2D eigenvalue weighted by molar-refractivity contribution is 0.362. The number of hydrogen-bond donors (Lipinski definition) is 1. The largest absolute Gasteiger partial charge is 0.513 e. The van der Waals surface area contributed by atoms with Crippen LogP contribution in [0.15, 0.2) is 30.3 Å². The van der Waals surface area contributed by atoms with Crippen LogP contribution >= 0.6 is 0 Å². The van der Waals surface area contributed by atoms with Crippen molar-refractivity contribution in [2.24, 2.45) is 0 Å². The molecule has 0 aromatic carbocycles. The van der Waals surface area contributed by atoms with Gasteiger partial charge < -0.3 is 5.11 Å². The van der Waals surface area contributed by atoms with Gasteiger partial charge in [0.2, 0.25) is 0 Å². The zero-order valence-corrected chi connectivity index (χ0v) is 8.40. The highest BCUT2D eigenvalue weighted by Crippen LogP contribution is 2.29. The van der Waals surface area contributed by atoms with E-state index in [1.165, 1.54) is 11.1 Å². The molecule has 1 unspecified atom stereocenters. The van der Waals surface area contributed by atoms with Crippen LogP contribution in [0.2, 0.25) is 0 Å². The third-order valence-electron chi connectivity index (χ3n) is 2.67. The average molecular weight is 189 g/mol. The molecule has 2 heteroatoms. The first-order valence-electron chi connectivity index (χ1n) is 5.07. The van der Waals surface area contributed by atoms with Crippen LogP contribution < -0.4 is 0 Å². The topological polar surface area (TPSA) is 33.1 Å². The SMILES string of the molecule is Cc1cncc(C2C=C(O)CCC2)c1. The molecule has 0 spiro atoms. The van der Waals surface area contributed by atoms with Gasteiger partial charge in [0.1, 0.15) is 0 Å². The van der Waals surface area contributed by atoms with E-state index in [2.05, 4.69) is 11.1 Å². The molecule has 2 rings (SSSR count). The van der Waals surface area contributed by atoms with E-state index in [1.54, 1.807) is 0 Å². The number of aliphatic hydroxyl groups is 1. The highest BCUT2D eigenvalue weighted by molar-refractivity contribution is 5.26. The highest BCUT2D eigenvalue weighted by Gasteiger charge is 2.15. The van der Waals surface area contributed by atoms with Gasteiger partial charge in [-0.15, -0.1) is 0 Å². The Balaban J connectivity index is 2.26. The summed E-state index contributed by atoms with van der Waals surface area (Å²) in [6, 6.07) is 2.15. The number of aliphatic hydroxyl groups excluding tert-OH is 1. The van der Waals surface area contributed by atoms with Gasteiger partial charge in [-0.25, -0.2) is 0 Å². The van der Waals surface area contributed by atoms with Crippen molar-refractivity contribution in [1.82, 2.24) is 4.98 Å². The molecule has 0 bridgehead atoms. The van der Waals surface area contributed by atoms with E-state index >= 15 is 0 Å². The van der Waals surface area contributed by atoms with Crippen molar-refractivity contribution in [1.29, 1.82) is 0 Å². The minimum atomic E-state index is 0.358. The van der Waals surface area contributed by atoms with E-state index in [9.17, 15) is 5.11 Å². The van der Waals surface area contributed by atoms with Crippen LogP contribution in [0.5, 0.6) is 0 Å². The number of pyridine rings is 1. The lowest BCUT2D eigenvalue weighted by Gasteiger charge is -2.18. The molecule has 0 aliphatic heterocycles. The van der Waals surface area contributed by atoms with Crippen LogP contribution in [0.1, 0.15) is 36.3 Å². The van der Waals surface area contributed by atoms with E-state index in [-0.39, 0.29) is 0 Å². The van der Waals surface area contributed by atoms with Crippen molar-refractivity contribution in [3.8, 4) is 0 Å². The predicted octanol–water partition coefficient (Wildman–Crippen LogP) is 3.10. The molecule has 0 amide bonds. The maximum atomic E-state index is 9.45. The van der Waals surface area contributed by atoms with Gasteiger partial charge in [0.05, 0.1) is 5.76 Å². The van der Waals surface area contributed by atoms with Crippen LogP contribution in [0.4, 0.5) is 0 Å². The second kappa shape index (κ2) is 3.82. The summed E-state index contributed by atoms with van der Waals surface area (Å²) in [5, 5.41) is 9.45. The van der Waals surface area contributed by atoms with Crippen LogP contribution in [0.3, 0.4) is 0 Å². The lowest BCUT2D eigenvalue weighted by Crippen LogP contribution is -2.03. The van der Waals surface area contributed by atoms with Crippen molar-refractivity contribution in [3.63, 3.8) is 0 Å². The van der Waals surface area contributed by atoms with Gasteiger partial charge in [-0.3, -0.25) is 4.98 Å². The van der Waals surface area contributed by atoms with Crippen LogP contribution in [0, 0.1) is 6.92 Å². The first-order valence-corrected chi connectivity index (χ1v) is 5.07. The Labute approximate surface area is 84.3 Å². The number of rotatable bonds is 1. The van der Waals surface area contributed by atoms with Gasteiger partial charge in [0.25, 0.3) is 0 Å². The number of nitrogens with zero attached hydrogens (tertiary/aromatic N) is 1. The van der Waals surface area contributed by atoms with Gasteiger partial charge in [-0.05, 0) is 37.0 Å². The standard InChI is InChI=1S/C12H15NO/c1-9-5-11(8-13-7-9)10-3-2-4-12(14)6-10/h5-8,10,14H,2-4H2,1H3. The Morgan fingerprint density at radius 2 is 2.29 bits per heavy atom. The summed E-state index contributed by atoms with van der Waals surface area (Å²) in [7, 11) is 0. The maximum absolute atomic E-state index is 9.45. The second-order valence-electron chi connectivity index (χ2n) is 3.95. The highest BCUT2D eigenvalue weighted by atomic mass is 16.3. The summed E-state index contributed by atoms with van der Waals surface area (Å²) in [6.45, 7) is 2.04. The predicted molar refractivity (Wildman–Crippen MR) is 56.3 cm³/mol. The van der Waals surface area contributed by atoms with E-state index in [1.807, 2.05) is 25.4 Å². The van der Waals surface area contributed by atoms with Gasteiger partial charge in [0.15, 0.2) is 0 Å². The average Bonchev–Trinajstić information content (AvgIpc) is 2.18. The van der Waals surface area contributed by atoms with Crippen LogP contribution in [-0.2, 0) is 0 Å². The molecule has 1 heterocycles. The molecule has 1 aliphatic rings. The number of aromatic nitrogens is 1. The summed E-state index contributed by atoms with van der Waals surface area (Å²) in [5.74, 6) is 0.888. The fourth-order valence-electron chi connectivity index (χ4n) is 1.95. The molecule has 14 heavy (non-hydrogen) atoms. The molecular weight excluding hydrogens is 174 g/mol. The molecule has 0 fully saturated rings. The van der Waals surface area contributed by atoms with E-state index in [0.717, 1.165) is 19.3 Å². The van der Waals surface area contributed by atoms with E-state index in [0.29, 0.717) is 11.7 Å². The molecule has 1 aliphatic carbocycles. The monoisotopic (exact) mass is 189 g/mol. The number of hydrogen-bond acceptors (Lipinski definition) is 2. The minimum absolute atomic E-state index is 0.358. The van der Waals surface area contributed by atoms with Crippen molar-refractivity contribution in [3.05, 3.63) is 41.4 Å². The second-order valence-corrected chi connectivity index (χ2v) is 3.95. The molecular formula is C12H15NO. The van der Waals surface area contributed by atoms with E-state index < -0.39 is 0 Å². The Morgan fingerprint density at radius 1 is 1.43 bits per heavy atom. The molecule has 2 nitrogen and oxygen atoms in total. The number of aryl methyl sites for hydroxylation is 1. The summed E-state index contributed by atoms with van der Waals surface area (Å²) in [5.41, 5.74) is 2.40. The summed E-state index contributed by atoms with van der Waals surface area (Å²) in [4.78, 5) is 4.17. The van der Waals surface area contributed by atoms with Crippen molar-refractivity contribution < 1.29 is 5.11 Å². The van der Waals surface area contributed by atoms with Gasteiger partial charge in [-0.2, -0.15) is 0 Å². The molecule has 0 radical (unpaired) electrons. The van der Waals surface area contributed by atoms with Crippen molar-refractivity contribution in [2.75, 3.05) is 0 Å². The Morgan fingerprint density at radius 3 is 3.00 bits per heavy atom. The summed E-state index contributed by atoms with van der Waals surface area (Å²) >= 11 is 0. The Kier molecular flexibility index (Phi) is 2.53. The molecule has 0 saturated carbocycles. The minimum Gasteiger partial charge on any atom is -0.513 e. The fourth-order valence-corrected chi connectivity index (χ4v) is 1.95. The quantitative estimate of drug-likeness (QED) is 0.736.